The summed E-state index contributed by atoms with van der Waals surface area (Å²) in [6, 6.07) is 10.3. The van der Waals surface area contributed by atoms with Crippen LogP contribution in [0.3, 0.4) is 0 Å². The lowest BCUT2D eigenvalue weighted by Crippen LogP contribution is -2.00. The minimum absolute atomic E-state index is 0.751. The van der Waals surface area contributed by atoms with Crippen LogP contribution in [-0.4, -0.2) is 9.97 Å². The van der Waals surface area contributed by atoms with Gasteiger partial charge in [-0.1, -0.05) is 24.3 Å². The van der Waals surface area contributed by atoms with E-state index in [9.17, 15) is 0 Å². The minimum atomic E-state index is 0.751. The normalized spacial score (nSPS) is 10.8. The van der Waals surface area contributed by atoms with Crippen molar-refractivity contribution in [3.05, 3.63) is 52.7 Å². The third kappa shape index (κ3) is 2.44. The van der Waals surface area contributed by atoms with Crippen LogP contribution < -0.4 is 5.32 Å². The maximum atomic E-state index is 4.49. The summed E-state index contributed by atoms with van der Waals surface area (Å²) in [5.41, 5.74) is 3.36. The van der Waals surface area contributed by atoms with E-state index in [1.54, 1.807) is 11.3 Å². The highest BCUT2D eigenvalue weighted by molar-refractivity contribution is 7.15. The third-order valence-corrected chi connectivity index (χ3v) is 4.21. The molecule has 2 heterocycles. The maximum absolute atomic E-state index is 4.49. The lowest BCUT2D eigenvalue weighted by Gasteiger charge is -2.06. The van der Waals surface area contributed by atoms with E-state index in [0.717, 1.165) is 22.9 Å². The van der Waals surface area contributed by atoms with Crippen molar-refractivity contribution in [3.8, 4) is 0 Å². The number of nitrogens with one attached hydrogen (secondary N) is 1. The number of thiazole rings is 1. The number of anilines is 1. The summed E-state index contributed by atoms with van der Waals surface area (Å²) < 4.78 is 0. The molecule has 0 amide bonds. The molecule has 0 unspecified atom stereocenters. The van der Waals surface area contributed by atoms with Crippen LogP contribution in [0.4, 0.5) is 5.13 Å². The van der Waals surface area contributed by atoms with Gasteiger partial charge in [0.2, 0.25) is 0 Å². The zero-order chi connectivity index (χ0) is 13.2. The van der Waals surface area contributed by atoms with Crippen LogP contribution in [-0.2, 0) is 6.54 Å². The van der Waals surface area contributed by atoms with Crippen LogP contribution in [0.5, 0.6) is 0 Å². The number of aryl methyl sites for hydroxylation is 2. The number of benzene rings is 1. The van der Waals surface area contributed by atoms with Crippen LogP contribution in [0.15, 0.2) is 36.5 Å². The lowest BCUT2D eigenvalue weighted by molar-refractivity contribution is 1.12. The Balaban J connectivity index is 1.85. The summed E-state index contributed by atoms with van der Waals surface area (Å²) in [6.07, 6.45) is 1.84. The first kappa shape index (κ1) is 12.1. The minimum Gasteiger partial charge on any atom is -0.357 e. The van der Waals surface area contributed by atoms with Gasteiger partial charge in [0.05, 0.1) is 11.2 Å². The van der Waals surface area contributed by atoms with Crippen molar-refractivity contribution in [2.75, 3.05) is 5.32 Å². The fourth-order valence-corrected chi connectivity index (χ4v) is 2.84. The molecule has 3 aromatic rings. The van der Waals surface area contributed by atoms with E-state index in [1.807, 2.05) is 19.2 Å². The molecule has 1 aromatic carbocycles. The first-order chi connectivity index (χ1) is 9.24. The highest BCUT2D eigenvalue weighted by Gasteiger charge is 2.05. The zero-order valence-corrected chi connectivity index (χ0v) is 11.8. The lowest BCUT2D eigenvalue weighted by atomic mass is 10.1. The quantitative estimate of drug-likeness (QED) is 0.783. The van der Waals surface area contributed by atoms with Crippen LogP contribution in [0.2, 0.25) is 0 Å². The van der Waals surface area contributed by atoms with Gasteiger partial charge in [-0.25, -0.2) is 4.98 Å². The molecule has 0 radical (unpaired) electrons. The van der Waals surface area contributed by atoms with Crippen molar-refractivity contribution in [3.63, 3.8) is 0 Å². The summed E-state index contributed by atoms with van der Waals surface area (Å²) >= 11 is 1.70. The van der Waals surface area contributed by atoms with Gasteiger partial charge in [0.15, 0.2) is 5.13 Å². The number of nitrogens with zero attached hydrogens (tertiary/aromatic N) is 2. The van der Waals surface area contributed by atoms with Crippen LogP contribution >= 0.6 is 11.3 Å². The van der Waals surface area contributed by atoms with Crippen molar-refractivity contribution in [1.29, 1.82) is 0 Å². The highest BCUT2D eigenvalue weighted by atomic mass is 32.1. The van der Waals surface area contributed by atoms with Crippen molar-refractivity contribution in [2.24, 2.45) is 0 Å². The van der Waals surface area contributed by atoms with Gasteiger partial charge < -0.3 is 5.32 Å². The Morgan fingerprint density at radius 1 is 1.16 bits per heavy atom. The van der Waals surface area contributed by atoms with E-state index < -0.39 is 0 Å². The average molecular weight is 269 g/mol. The van der Waals surface area contributed by atoms with Crippen LogP contribution in [0.1, 0.15) is 16.1 Å². The summed E-state index contributed by atoms with van der Waals surface area (Å²) in [4.78, 5) is 10.2. The molecule has 0 aliphatic heterocycles. The molecule has 0 atom stereocenters. The monoisotopic (exact) mass is 269 g/mol. The number of hydrogen-bond acceptors (Lipinski definition) is 4. The van der Waals surface area contributed by atoms with E-state index >= 15 is 0 Å². The van der Waals surface area contributed by atoms with Gasteiger partial charge in [0.1, 0.15) is 0 Å². The summed E-state index contributed by atoms with van der Waals surface area (Å²) in [7, 11) is 0. The predicted molar refractivity (Wildman–Crippen MR) is 80.7 cm³/mol. The fourth-order valence-electron chi connectivity index (χ4n) is 2.03. The molecular formula is C15H15N3S. The third-order valence-electron chi connectivity index (χ3n) is 3.17. The van der Waals surface area contributed by atoms with Crippen LogP contribution in [0, 0.1) is 13.8 Å². The average Bonchev–Trinajstić information content (AvgIpc) is 2.75. The molecule has 3 nitrogen and oxygen atoms in total. The molecule has 1 N–H and O–H groups in total. The Morgan fingerprint density at radius 3 is 2.79 bits per heavy atom. The number of para-hydroxylation sites is 1. The Morgan fingerprint density at radius 2 is 2.00 bits per heavy atom. The summed E-state index contributed by atoms with van der Waals surface area (Å²) in [6.45, 7) is 4.88. The molecule has 0 bridgehead atoms. The van der Waals surface area contributed by atoms with Crippen molar-refractivity contribution >= 4 is 27.4 Å². The SMILES string of the molecule is Cc1nc(NCc2cccc3cccnc23)sc1C. The number of aromatic nitrogens is 2. The smallest absolute Gasteiger partial charge is 0.183 e. The van der Waals surface area contributed by atoms with Gasteiger partial charge in [0.25, 0.3) is 0 Å². The summed E-state index contributed by atoms with van der Waals surface area (Å²) in [5, 5.41) is 5.53. The molecule has 2 aromatic heterocycles. The maximum Gasteiger partial charge on any atom is 0.183 e. The second-order valence-corrected chi connectivity index (χ2v) is 5.71. The fraction of sp³-hybridized carbons (Fsp3) is 0.200. The number of hydrogen-bond donors (Lipinski definition) is 1. The Hall–Kier alpha value is -1.94. The largest absolute Gasteiger partial charge is 0.357 e. The van der Waals surface area contributed by atoms with Gasteiger partial charge in [0, 0.05) is 23.0 Å². The van der Waals surface area contributed by atoms with E-state index in [0.29, 0.717) is 0 Å². The zero-order valence-electron chi connectivity index (χ0n) is 11.0. The number of rotatable bonds is 3. The Bertz CT molecular complexity index is 693. The van der Waals surface area contributed by atoms with E-state index in [2.05, 4.69) is 46.5 Å². The Labute approximate surface area is 116 Å². The molecule has 19 heavy (non-hydrogen) atoms. The molecular weight excluding hydrogens is 254 g/mol. The molecule has 0 aliphatic rings. The molecule has 0 aliphatic carbocycles. The van der Waals surface area contributed by atoms with Crippen molar-refractivity contribution in [2.45, 2.75) is 20.4 Å². The van der Waals surface area contributed by atoms with Crippen molar-refractivity contribution in [1.82, 2.24) is 9.97 Å². The molecule has 96 valence electrons. The first-order valence-electron chi connectivity index (χ1n) is 6.24. The second kappa shape index (κ2) is 4.97. The number of pyridine rings is 1. The molecule has 0 saturated heterocycles. The standard InChI is InChI=1S/C15H15N3S/c1-10-11(2)19-15(18-10)17-9-13-6-3-5-12-7-4-8-16-14(12)13/h3-8H,9H2,1-2H3,(H,17,18). The topological polar surface area (TPSA) is 37.8 Å². The Kier molecular flexibility index (Phi) is 3.17. The van der Waals surface area contributed by atoms with Gasteiger partial charge in [-0.2, -0.15) is 0 Å². The van der Waals surface area contributed by atoms with Crippen LogP contribution in [0.25, 0.3) is 10.9 Å². The molecule has 4 heteroatoms. The van der Waals surface area contributed by atoms with E-state index in [-0.39, 0.29) is 0 Å². The second-order valence-electron chi connectivity index (χ2n) is 4.51. The van der Waals surface area contributed by atoms with E-state index in [4.69, 9.17) is 0 Å². The van der Waals surface area contributed by atoms with Crippen molar-refractivity contribution < 1.29 is 0 Å². The highest BCUT2D eigenvalue weighted by Crippen LogP contribution is 2.23. The van der Waals surface area contributed by atoms with Gasteiger partial charge in [-0.3, -0.25) is 4.98 Å². The van der Waals surface area contributed by atoms with E-state index in [1.165, 1.54) is 15.8 Å². The molecule has 0 fully saturated rings. The first-order valence-corrected chi connectivity index (χ1v) is 7.06. The molecule has 0 spiro atoms. The predicted octanol–water partition coefficient (Wildman–Crippen LogP) is 3.92. The molecule has 0 saturated carbocycles. The molecule has 3 rings (SSSR count). The van der Waals surface area contributed by atoms with Gasteiger partial charge >= 0.3 is 0 Å². The number of fused-ring (bicyclic) bond motifs is 1. The van der Waals surface area contributed by atoms with Gasteiger partial charge in [-0.05, 0) is 25.5 Å². The summed E-state index contributed by atoms with van der Waals surface area (Å²) in [5.74, 6) is 0. The van der Waals surface area contributed by atoms with Gasteiger partial charge in [-0.15, -0.1) is 11.3 Å².